The van der Waals surface area contributed by atoms with Crippen LogP contribution in [0.15, 0.2) is 66.7 Å². The Kier molecular flexibility index (Phi) is 5.73. The molecule has 8 heteroatoms. The van der Waals surface area contributed by atoms with Crippen molar-refractivity contribution >= 4 is 72.7 Å². The van der Waals surface area contributed by atoms with Gasteiger partial charge in [-0.25, -0.2) is 14.8 Å². The lowest BCUT2D eigenvalue weighted by Crippen LogP contribution is -2.51. The fourth-order valence-electron chi connectivity index (χ4n) is 4.87. The van der Waals surface area contributed by atoms with Crippen molar-refractivity contribution in [2.45, 2.75) is 6.92 Å². The topological polar surface area (TPSA) is 70.6 Å². The number of nitrogens with zero attached hydrogens (tertiary/aromatic N) is 4. The Morgan fingerprint density at radius 1 is 0.833 bits per heavy atom. The molecule has 6 rings (SSSR count). The zero-order valence-electron chi connectivity index (χ0n) is 19.9. The standard InChI is InChI=1S/C28H25N5O2S/c1-2-35-28(34)33-15-13-32(14-16-33)27(36)29-18-11-12-23-24(17-18)31-26-22-10-6-4-8-20(22)19-7-3-5-9-21(19)25(26)30-23/h3-12,17H,2,13-16H2,1H3,(H,29,36). The number of benzene rings is 4. The second-order valence-corrected chi connectivity index (χ2v) is 9.21. The van der Waals surface area contributed by atoms with Crippen molar-refractivity contribution in [3.8, 4) is 0 Å². The van der Waals surface area contributed by atoms with Gasteiger partial charge in [-0.05, 0) is 48.1 Å². The third kappa shape index (κ3) is 3.93. The molecule has 1 saturated heterocycles. The number of nitrogens with one attached hydrogen (secondary N) is 1. The fourth-order valence-corrected chi connectivity index (χ4v) is 5.17. The summed E-state index contributed by atoms with van der Waals surface area (Å²) in [5.41, 5.74) is 4.31. The molecule has 7 nitrogen and oxygen atoms in total. The Morgan fingerprint density at radius 3 is 2.00 bits per heavy atom. The second-order valence-electron chi connectivity index (χ2n) is 8.82. The lowest BCUT2D eigenvalue weighted by atomic mass is 9.99. The Balaban J connectivity index is 1.31. The summed E-state index contributed by atoms with van der Waals surface area (Å²) in [6.07, 6.45) is -0.267. The zero-order valence-corrected chi connectivity index (χ0v) is 20.7. The van der Waals surface area contributed by atoms with Gasteiger partial charge < -0.3 is 19.9 Å². The highest BCUT2D eigenvalue weighted by atomic mass is 32.1. The van der Waals surface area contributed by atoms with Crippen molar-refractivity contribution < 1.29 is 9.53 Å². The van der Waals surface area contributed by atoms with Gasteiger partial charge in [-0.2, -0.15) is 0 Å². The molecule has 1 aromatic heterocycles. The van der Waals surface area contributed by atoms with Crippen LogP contribution < -0.4 is 5.32 Å². The Hall–Kier alpha value is -4.04. The molecule has 0 saturated carbocycles. The van der Waals surface area contributed by atoms with E-state index in [9.17, 15) is 4.79 Å². The van der Waals surface area contributed by atoms with Gasteiger partial charge in [0.05, 0.1) is 28.7 Å². The number of amides is 1. The summed E-state index contributed by atoms with van der Waals surface area (Å²) in [7, 11) is 0. The van der Waals surface area contributed by atoms with Gasteiger partial charge in [-0.3, -0.25) is 0 Å². The van der Waals surface area contributed by atoms with Gasteiger partial charge in [0, 0.05) is 42.6 Å². The van der Waals surface area contributed by atoms with Crippen LogP contribution in [0.3, 0.4) is 0 Å². The molecule has 36 heavy (non-hydrogen) atoms. The molecular formula is C28H25N5O2S. The molecule has 1 aliphatic heterocycles. The highest BCUT2D eigenvalue weighted by Crippen LogP contribution is 2.34. The molecule has 0 bridgehead atoms. The van der Waals surface area contributed by atoms with Crippen LogP contribution in [0.2, 0.25) is 0 Å². The number of aromatic nitrogens is 2. The fraction of sp³-hybridized carbons (Fsp3) is 0.214. The van der Waals surface area contributed by atoms with Crippen LogP contribution in [0.4, 0.5) is 10.5 Å². The van der Waals surface area contributed by atoms with Crippen molar-refractivity contribution in [1.29, 1.82) is 0 Å². The van der Waals surface area contributed by atoms with Gasteiger partial charge in [0.25, 0.3) is 0 Å². The minimum absolute atomic E-state index is 0.267. The molecule has 1 N–H and O–H groups in total. The molecule has 2 heterocycles. The number of piperazine rings is 1. The highest BCUT2D eigenvalue weighted by Gasteiger charge is 2.23. The van der Waals surface area contributed by atoms with E-state index in [4.69, 9.17) is 26.9 Å². The monoisotopic (exact) mass is 495 g/mol. The van der Waals surface area contributed by atoms with Crippen LogP contribution in [-0.4, -0.2) is 63.8 Å². The molecule has 4 aromatic carbocycles. The van der Waals surface area contributed by atoms with E-state index in [1.807, 2.05) is 37.3 Å². The van der Waals surface area contributed by atoms with Crippen LogP contribution >= 0.6 is 12.2 Å². The number of ether oxygens (including phenoxy) is 1. The molecule has 0 atom stereocenters. The van der Waals surface area contributed by atoms with E-state index < -0.39 is 0 Å². The normalized spacial score (nSPS) is 14.0. The zero-order chi connectivity index (χ0) is 24.6. The predicted octanol–water partition coefficient (Wildman–Crippen LogP) is 5.56. The van der Waals surface area contributed by atoms with Gasteiger partial charge in [0.1, 0.15) is 0 Å². The third-order valence-corrected chi connectivity index (χ3v) is 7.02. The van der Waals surface area contributed by atoms with Gasteiger partial charge in [0.15, 0.2) is 5.11 Å². The first-order chi connectivity index (χ1) is 17.6. The Morgan fingerprint density at radius 2 is 1.39 bits per heavy atom. The molecule has 5 aromatic rings. The number of rotatable bonds is 2. The summed E-state index contributed by atoms with van der Waals surface area (Å²) in [5.74, 6) is 0. The van der Waals surface area contributed by atoms with Crippen molar-refractivity contribution in [2.75, 3.05) is 38.1 Å². The summed E-state index contributed by atoms with van der Waals surface area (Å²) < 4.78 is 5.10. The van der Waals surface area contributed by atoms with E-state index in [1.165, 1.54) is 10.8 Å². The number of hydrogen-bond donors (Lipinski definition) is 1. The van der Waals surface area contributed by atoms with Gasteiger partial charge in [-0.15, -0.1) is 0 Å². The average Bonchev–Trinajstić information content (AvgIpc) is 2.92. The molecule has 1 fully saturated rings. The van der Waals surface area contributed by atoms with Crippen LogP contribution in [0.25, 0.3) is 43.6 Å². The summed E-state index contributed by atoms with van der Waals surface area (Å²) in [4.78, 5) is 25.8. The first kappa shape index (κ1) is 22.4. The third-order valence-electron chi connectivity index (χ3n) is 6.66. The molecule has 0 unspecified atom stereocenters. The summed E-state index contributed by atoms with van der Waals surface area (Å²) >= 11 is 5.67. The van der Waals surface area contributed by atoms with Crippen molar-refractivity contribution in [1.82, 2.24) is 19.8 Å². The summed E-state index contributed by atoms with van der Waals surface area (Å²) in [6, 6.07) is 22.7. The maximum atomic E-state index is 12.0. The summed E-state index contributed by atoms with van der Waals surface area (Å²) in [6.45, 7) is 4.66. The minimum atomic E-state index is -0.267. The van der Waals surface area contributed by atoms with Crippen LogP contribution in [0, 0.1) is 0 Å². The summed E-state index contributed by atoms with van der Waals surface area (Å²) in [5, 5.41) is 8.52. The molecule has 180 valence electrons. The van der Waals surface area contributed by atoms with E-state index in [0.29, 0.717) is 37.9 Å². The van der Waals surface area contributed by atoms with Crippen LogP contribution in [0.1, 0.15) is 6.92 Å². The van der Waals surface area contributed by atoms with Crippen molar-refractivity contribution in [2.24, 2.45) is 0 Å². The Labute approximate surface area is 213 Å². The molecular weight excluding hydrogens is 470 g/mol. The van der Waals surface area contributed by atoms with Crippen LogP contribution in [0.5, 0.6) is 0 Å². The minimum Gasteiger partial charge on any atom is -0.450 e. The van der Waals surface area contributed by atoms with E-state index in [0.717, 1.165) is 38.5 Å². The predicted molar refractivity (Wildman–Crippen MR) is 148 cm³/mol. The smallest absolute Gasteiger partial charge is 0.409 e. The number of carbonyl (C=O) groups excluding carboxylic acids is 1. The van der Waals surface area contributed by atoms with E-state index in [1.54, 1.807) is 4.90 Å². The van der Waals surface area contributed by atoms with E-state index in [-0.39, 0.29) is 6.09 Å². The maximum Gasteiger partial charge on any atom is 0.409 e. The van der Waals surface area contributed by atoms with Gasteiger partial charge in [0.2, 0.25) is 0 Å². The maximum absolute atomic E-state index is 12.0. The van der Waals surface area contributed by atoms with Gasteiger partial charge in [-0.1, -0.05) is 48.5 Å². The van der Waals surface area contributed by atoms with Crippen LogP contribution in [-0.2, 0) is 4.74 Å². The SMILES string of the molecule is CCOC(=O)N1CCN(C(=S)Nc2ccc3nc4c5ccccc5c5ccccc5c4nc3c2)CC1. The van der Waals surface area contributed by atoms with Crippen molar-refractivity contribution in [3.63, 3.8) is 0 Å². The molecule has 1 amide bonds. The van der Waals surface area contributed by atoms with Gasteiger partial charge >= 0.3 is 6.09 Å². The number of hydrogen-bond acceptors (Lipinski definition) is 5. The Bertz CT molecular complexity index is 1650. The first-order valence-electron chi connectivity index (χ1n) is 12.1. The van der Waals surface area contributed by atoms with Crippen molar-refractivity contribution in [3.05, 3.63) is 66.7 Å². The first-order valence-corrected chi connectivity index (χ1v) is 12.5. The largest absolute Gasteiger partial charge is 0.450 e. The quantitative estimate of drug-likeness (QED) is 0.195. The lowest BCUT2D eigenvalue weighted by Gasteiger charge is -2.35. The average molecular weight is 496 g/mol. The van der Waals surface area contributed by atoms with E-state index >= 15 is 0 Å². The number of thiocarbonyl (C=S) groups is 1. The highest BCUT2D eigenvalue weighted by molar-refractivity contribution is 7.80. The lowest BCUT2D eigenvalue weighted by molar-refractivity contribution is 0.0923. The number of carbonyl (C=O) groups is 1. The second kappa shape index (κ2) is 9.20. The molecule has 0 radical (unpaired) electrons. The van der Waals surface area contributed by atoms with E-state index in [2.05, 4.69) is 46.6 Å². The molecule has 0 aliphatic carbocycles. The number of fused-ring (bicyclic) bond motifs is 7. The number of anilines is 1. The molecule has 1 aliphatic rings. The molecule has 0 spiro atoms.